The van der Waals surface area contributed by atoms with Crippen LogP contribution in [0.25, 0.3) is 10.9 Å². The molecule has 112 valence electrons. The van der Waals surface area contributed by atoms with E-state index in [0.29, 0.717) is 12.1 Å². The molecule has 1 heterocycles. The minimum Gasteiger partial charge on any atom is -0.378 e. The zero-order valence-corrected chi connectivity index (χ0v) is 13.3. The van der Waals surface area contributed by atoms with E-state index >= 15 is 0 Å². The number of nitrogens with zero attached hydrogens (tertiary/aromatic N) is 2. The Kier molecular flexibility index (Phi) is 3.76. The molecule has 21 heavy (non-hydrogen) atoms. The van der Waals surface area contributed by atoms with Crippen LogP contribution in [0.1, 0.15) is 27.2 Å². The van der Waals surface area contributed by atoms with Crippen molar-refractivity contribution in [3.63, 3.8) is 0 Å². The van der Waals surface area contributed by atoms with E-state index < -0.39 is 0 Å². The molecule has 1 aromatic heterocycles. The van der Waals surface area contributed by atoms with Crippen LogP contribution in [0.5, 0.6) is 0 Å². The lowest BCUT2D eigenvalue weighted by molar-refractivity contribution is -0.0976. The molecule has 0 saturated heterocycles. The molecule has 1 saturated carbocycles. The third-order valence-corrected chi connectivity index (χ3v) is 4.60. The van der Waals surface area contributed by atoms with E-state index in [1.54, 1.807) is 0 Å². The van der Waals surface area contributed by atoms with Crippen molar-refractivity contribution in [2.45, 2.75) is 39.3 Å². The fraction of sp³-hybridized carbons (Fsp3) is 0.500. The van der Waals surface area contributed by atoms with Crippen molar-refractivity contribution in [3.8, 4) is 0 Å². The van der Waals surface area contributed by atoms with Crippen molar-refractivity contribution in [3.05, 3.63) is 29.5 Å². The number of halogens is 1. The molecule has 0 spiro atoms. The Hall–Kier alpha value is -1.39. The van der Waals surface area contributed by atoms with E-state index in [-0.39, 0.29) is 10.7 Å². The lowest BCUT2D eigenvalue weighted by Crippen LogP contribution is -2.58. The molecule has 1 fully saturated rings. The van der Waals surface area contributed by atoms with Gasteiger partial charge in [-0.15, -0.1) is 0 Å². The highest BCUT2D eigenvalue weighted by Gasteiger charge is 2.49. The number of rotatable bonds is 4. The minimum atomic E-state index is 0.0779. The van der Waals surface area contributed by atoms with Gasteiger partial charge in [-0.2, -0.15) is 0 Å². The summed E-state index contributed by atoms with van der Waals surface area (Å²) >= 11 is 6.03. The van der Waals surface area contributed by atoms with Gasteiger partial charge in [0.15, 0.2) is 0 Å². The molecule has 2 atom stereocenters. The lowest BCUT2D eigenvalue weighted by Gasteiger charge is -2.51. The summed E-state index contributed by atoms with van der Waals surface area (Å²) in [6.07, 6.45) is 1.28. The van der Waals surface area contributed by atoms with Gasteiger partial charge in [-0.1, -0.05) is 26.0 Å². The van der Waals surface area contributed by atoms with Gasteiger partial charge in [0.2, 0.25) is 5.28 Å². The summed E-state index contributed by atoms with van der Waals surface area (Å²) in [5.74, 6) is 0.804. The number of anilines is 1. The average Bonchev–Trinajstić information content (AvgIpc) is 2.46. The molecule has 5 heteroatoms. The molecular formula is C16H20ClN3O. The van der Waals surface area contributed by atoms with Gasteiger partial charge in [0.25, 0.3) is 0 Å². The number of aromatic nitrogens is 2. The molecule has 2 unspecified atom stereocenters. The minimum absolute atomic E-state index is 0.0779. The van der Waals surface area contributed by atoms with Crippen LogP contribution in [0, 0.1) is 5.41 Å². The summed E-state index contributed by atoms with van der Waals surface area (Å²) in [5.41, 5.74) is 0.938. The smallest absolute Gasteiger partial charge is 0.224 e. The predicted molar refractivity (Wildman–Crippen MR) is 85.8 cm³/mol. The summed E-state index contributed by atoms with van der Waals surface area (Å²) in [7, 11) is 0. The Labute approximate surface area is 129 Å². The Morgan fingerprint density at radius 1 is 1.33 bits per heavy atom. The number of hydrogen-bond acceptors (Lipinski definition) is 4. The second kappa shape index (κ2) is 5.43. The Bertz CT molecular complexity index is 659. The molecule has 0 radical (unpaired) electrons. The molecule has 1 aromatic carbocycles. The quantitative estimate of drug-likeness (QED) is 0.870. The molecule has 1 N–H and O–H groups in total. The number of hydrogen-bond donors (Lipinski definition) is 1. The van der Waals surface area contributed by atoms with Crippen LogP contribution in [-0.2, 0) is 4.74 Å². The maximum atomic E-state index is 6.03. The summed E-state index contributed by atoms with van der Waals surface area (Å²) in [6.45, 7) is 7.23. The molecule has 3 rings (SSSR count). The SMILES string of the molecule is CCOC1CC(Nc2nc(Cl)nc3ccccc23)C1(C)C. The van der Waals surface area contributed by atoms with Gasteiger partial charge in [-0.25, -0.2) is 9.97 Å². The molecule has 0 aliphatic heterocycles. The maximum absolute atomic E-state index is 6.03. The zero-order chi connectivity index (χ0) is 15.0. The summed E-state index contributed by atoms with van der Waals surface area (Å²) in [4.78, 5) is 8.62. The van der Waals surface area contributed by atoms with Gasteiger partial charge in [0.05, 0.1) is 11.6 Å². The van der Waals surface area contributed by atoms with Crippen LogP contribution >= 0.6 is 11.6 Å². The van der Waals surface area contributed by atoms with Crippen molar-refractivity contribution < 1.29 is 4.74 Å². The second-order valence-corrected chi connectivity index (χ2v) is 6.39. The maximum Gasteiger partial charge on any atom is 0.224 e. The van der Waals surface area contributed by atoms with Crippen molar-refractivity contribution in [2.24, 2.45) is 5.41 Å². The first-order valence-corrected chi connectivity index (χ1v) is 7.70. The van der Waals surface area contributed by atoms with Crippen molar-refractivity contribution in [1.29, 1.82) is 0 Å². The van der Waals surface area contributed by atoms with Crippen LogP contribution in [-0.4, -0.2) is 28.7 Å². The van der Waals surface area contributed by atoms with Gasteiger partial charge < -0.3 is 10.1 Å². The zero-order valence-electron chi connectivity index (χ0n) is 12.6. The highest BCUT2D eigenvalue weighted by molar-refractivity contribution is 6.28. The second-order valence-electron chi connectivity index (χ2n) is 6.06. The molecule has 0 bridgehead atoms. The largest absolute Gasteiger partial charge is 0.378 e. The Morgan fingerprint density at radius 2 is 2.10 bits per heavy atom. The van der Waals surface area contributed by atoms with E-state index in [4.69, 9.17) is 16.3 Å². The summed E-state index contributed by atoms with van der Waals surface area (Å²) in [6, 6.07) is 8.22. The fourth-order valence-corrected chi connectivity index (χ4v) is 3.11. The molecule has 2 aromatic rings. The van der Waals surface area contributed by atoms with E-state index in [0.717, 1.165) is 29.7 Å². The average molecular weight is 306 g/mol. The van der Waals surface area contributed by atoms with Gasteiger partial charge in [-0.3, -0.25) is 0 Å². The standard InChI is InChI=1S/C16H20ClN3O/c1-4-21-13-9-12(16(13,2)3)19-14-10-7-5-6-8-11(10)18-15(17)20-14/h5-8,12-13H,4,9H2,1-3H3,(H,18,19,20). The molecule has 0 amide bonds. The molecule has 1 aliphatic carbocycles. The first kappa shape index (κ1) is 14.5. The third kappa shape index (κ3) is 2.58. The van der Waals surface area contributed by atoms with E-state index in [1.165, 1.54) is 0 Å². The number of fused-ring (bicyclic) bond motifs is 1. The van der Waals surface area contributed by atoms with Crippen LogP contribution in [0.15, 0.2) is 24.3 Å². The summed E-state index contributed by atoms with van der Waals surface area (Å²) in [5, 5.41) is 4.80. The van der Waals surface area contributed by atoms with E-state index in [9.17, 15) is 0 Å². The van der Waals surface area contributed by atoms with Crippen molar-refractivity contribution in [2.75, 3.05) is 11.9 Å². The lowest BCUT2D eigenvalue weighted by atomic mass is 9.64. The fourth-order valence-electron chi connectivity index (χ4n) is 2.94. The van der Waals surface area contributed by atoms with E-state index in [2.05, 4.69) is 29.1 Å². The molecule has 4 nitrogen and oxygen atoms in total. The normalized spacial score (nSPS) is 23.8. The molecule has 1 aliphatic rings. The van der Waals surface area contributed by atoms with Crippen LogP contribution in [0.2, 0.25) is 5.28 Å². The van der Waals surface area contributed by atoms with Crippen molar-refractivity contribution >= 4 is 28.3 Å². The number of nitrogens with one attached hydrogen (secondary N) is 1. The Morgan fingerprint density at radius 3 is 2.81 bits per heavy atom. The van der Waals surface area contributed by atoms with Gasteiger partial charge in [0.1, 0.15) is 5.82 Å². The van der Waals surface area contributed by atoms with Crippen LogP contribution < -0.4 is 5.32 Å². The highest BCUT2D eigenvalue weighted by atomic mass is 35.5. The van der Waals surface area contributed by atoms with E-state index in [1.807, 2.05) is 31.2 Å². The topological polar surface area (TPSA) is 47.0 Å². The number of ether oxygens (including phenoxy) is 1. The van der Waals surface area contributed by atoms with Gasteiger partial charge in [-0.05, 0) is 37.1 Å². The first-order valence-electron chi connectivity index (χ1n) is 7.32. The number of benzene rings is 1. The van der Waals surface area contributed by atoms with Crippen molar-refractivity contribution in [1.82, 2.24) is 9.97 Å². The van der Waals surface area contributed by atoms with Gasteiger partial charge >= 0.3 is 0 Å². The monoisotopic (exact) mass is 305 g/mol. The summed E-state index contributed by atoms with van der Waals surface area (Å²) < 4.78 is 5.77. The van der Waals surface area contributed by atoms with Crippen LogP contribution in [0.3, 0.4) is 0 Å². The third-order valence-electron chi connectivity index (χ3n) is 4.43. The van der Waals surface area contributed by atoms with Gasteiger partial charge in [0, 0.05) is 23.4 Å². The number of para-hydroxylation sites is 1. The first-order chi connectivity index (χ1) is 10.0. The van der Waals surface area contributed by atoms with Crippen LogP contribution in [0.4, 0.5) is 5.82 Å². The molecular weight excluding hydrogens is 286 g/mol. The predicted octanol–water partition coefficient (Wildman–Crippen LogP) is 3.90. The Balaban J connectivity index is 1.86. The highest BCUT2D eigenvalue weighted by Crippen LogP contribution is 2.44.